The SMILES string of the molecule is Cc1cc(C(F)(F)F)c(N)s1. The molecule has 5 heteroatoms. The van der Waals surface area contributed by atoms with Gasteiger partial charge >= 0.3 is 6.18 Å². The summed E-state index contributed by atoms with van der Waals surface area (Å²) in [7, 11) is 0. The molecule has 1 aromatic rings. The molecule has 0 atom stereocenters. The van der Waals surface area contributed by atoms with Gasteiger partial charge in [0, 0.05) is 4.88 Å². The van der Waals surface area contributed by atoms with Crippen LogP contribution in [-0.4, -0.2) is 0 Å². The second-order valence-corrected chi connectivity index (χ2v) is 3.42. The molecule has 1 heterocycles. The summed E-state index contributed by atoms with van der Waals surface area (Å²) in [5.74, 6) is 0. The highest BCUT2D eigenvalue weighted by Crippen LogP contribution is 2.38. The number of halogens is 3. The monoisotopic (exact) mass is 181 g/mol. The number of thiophene rings is 1. The topological polar surface area (TPSA) is 26.0 Å². The van der Waals surface area contributed by atoms with Gasteiger partial charge in [-0.1, -0.05) is 0 Å². The highest BCUT2D eigenvalue weighted by molar-refractivity contribution is 7.16. The van der Waals surface area contributed by atoms with Gasteiger partial charge in [0.1, 0.15) is 0 Å². The Morgan fingerprint density at radius 2 is 2.00 bits per heavy atom. The van der Waals surface area contributed by atoms with Crippen molar-refractivity contribution >= 4 is 16.3 Å². The average Bonchev–Trinajstić information content (AvgIpc) is 2.08. The van der Waals surface area contributed by atoms with Crippen LogP contribution in [0, 0.1) is 6.92 Å². The van der Waals surface area contributed by atoms with Crippen LogP contribution in [-0.2, 0) is 6.18 Å². The van der Waals surface area contributed by atoms with Gasteiger partial charge in [0.05, 0.1) is 10.6 Å². The Labute approximate surface area is 65.6 Å². The first-order valence-corrected chi connectivity index (χ1v) is 3.66. The lowest BCUT2D eigenvalue weighted by molar-refractivity contribution is -0.136. The summed E-state index contributed by atoms with van der Waals surface area (Å²) in [6, 6.07) is 1.06. The zero-order chi connectivity index (χ0) is 8.65. The third-order valence-electron chi connectivity index (χ3n) is 1.19. The van der Waals surface area contributed by atoms with E-state index >= 15 is 0 Å². The number of alkyl halides is 3. The highest BCUT2D eigenvalue weighted by atomic mass is 32.1. The molecule has 11 heavy (non-hydrogen) atoms. The van der Waals surface area contributed by atoms with Gasteiger partial charge in [0.25, 0.3) is 0 Å². The van der Waals surface area contributed by atoms with Gasteiger partial charge in [-0.25, -0.2) is 0 Å². The molecule has 0 aliphatic rings. The van der Waals surface area contributed by atoms with Gasteiger partial charge < -0.3 is 5.73 Å². The molecule has 0 fully saturated rings. The Balaban J connectivity index is 3.13. The molecule has 0 aliphatic heterocycles. The van der Waals surface area contributed by atoms with Crippen LogP contribution >= 0.6 is 11.3 Å². The largest absolute Gasteiger partial charge is 0.419 e. The summed E-state index contributed by atoms with van der Waals surface area (Å²) in [6.45, 7) is 1.59. The van der Waals surface area contributed by atoms with Crippen molar-refractivity contribution in [3.8, 4) is 0 Å². The van der Waals surface area contributed by atoms with E-state index in [4.69, 9.17) is 5.73 Å². The molecule has 0 spiro atoms. The number of hydrogen-bond acceptors (Lipinski definition) is 2. The lowest BCUT2D eigenvalue weighted by Gasteiger charge is -2.03. The van der Waals surface area contributed by atoms with Crippen LogP contribution in [0.2, 0.25) is 0 Å². The van der Waals surface area contributed by atoms with Crippen LogP contribution in [0.3, 0.4) is 0 Å². The Kier molecular flexibility index (Phi) is 1.83. The lowest BCUT2D eigenvalue weighted by atomic mass is 10.3. The maximum absolute atomic E-state index is 12.0. The van der Waals surface area contributed by atoms with Gasteiger partial charge in [-0.05, 0) is 13.0 Å². The first-order chi connectivity index (χ1) is 4.91. The third kappa shape index (κ3) is 1.65. The fourth-order valence-corrected chi connectivity index (χ4v) is 1.56. The van der Waals surface area contributed by atoms with E-state index in [9.17, 15) is 13.2 Å². The first kappa shape index (κ1) is 8.39. The summed E-state index contributed by atoms with van der Waals surface area (Å²) in [5, 5.41) is -0.157. The molecule has 0 amide bonds. The summed E-state index contributed by atoms with van der Waals surface area (Å²) in [6.07, 6.45) is -4.31. The van der Waals surface area contributed by atoms with Crippen LogP contribution in [0.5, 0.6) is 0 Å². The average molecular weight is 181 g/mol. The molecule has 62 valence electrons. The third-order valence-corrected chi connectivity index (χ3v) is 2.07. The van der Waals surface area contributed by atoms with Crippen LogP contribution in [0.15, 0.2) is 6.07 Å². The minimum absolute atomic E-state index is 0.157. The van der Waals surface area contributed by atoms with Crippen molar-refractivity contribution in [1.29, 1.82) is 0 Å². The van der Waals surface area contributed by atoms with Crippen LogP contribution in [0.25, 0.3) is 0 Å². The second-order valence-electron chi connectivity index (χ2n) is 2.13. The molecule has 0 bridgehead atoms. The van der Waals surface area contributed by atoms with Gasteiger partial charge in [-0.15, -0.1) is 11.3 Å². The predicted octanol–water partition coefficient (Wildman–Crippen LogP) is 2.66. The maximum atomic E-state index is 12.0. The highest BCUT2D eigenvalue weighted by Gasteiger charge is 2.34. The Morgan fingerprint density at radius 3 is 2.18 bits per heavy atom. The van der Waals surface area contributed by atoms with Crippen molar-refractivity contribution < 1.29 is 13.2 Å². The molecule has 2 N–H and O–H groups in total. The van der Waals surface area contributed by atoms with E-state index < -0.39 is 11.7 Å². The molecule has 1 rings (SSSR count). The number of anilines is 1. The molecule has 0 radical (unpaired) electrons. The second kappa shape index (κ2) is 2.41. The quantitative estimate of drug-likeness (QED) is 0.654. The maximum Gasteiger partial charge on any atom is 0.419 e. The fourth-order valence-electron chi connectivity index (χ4n) is 0.754. The van der Waals surface area contributed by atoms with Crippen LogP contribution in [0.1, 0.15) is 10.4 Å². The number of rotatable bonds is 0. The van der Waals surface area contributed by atoms with Crippen molar-refractivity contribution in [2.24, 2.45) is 0 Å². The number of aryl methyl sites for hydroxylation is 1. The molecule has 0 aliphatic carbocycles. The Morgan fingerprint density at radius 1 is 1.45 bits per heavy atom. The minimum Gasteiger partial charge on any atom is -0.390 e. The molecular weight excluding hydrogens is 175 g/mol. The number of nitrogen functional groups attached to an aromatic ring is 1. The van der Waals surface area contributed by atoms with Crippen LogP contribution < -0.4 is 5.73 Å². The molecule has 0 aromatic carbocycles. The normalized spacial score (nSPS) is 12.0. The standard InChI is InChI=1S/C6H6F3NS/c1-3-2-4(5(10)11-3)6(7,8)9/h2H,10H2,1H3. The summed E-state index contributed by atoms with van der Waals surface area (Å²) in [5.41, 5.74) is 4.40. The van der Waals surface area contributed by atoms with E-state index in [-0.39, 0.29) is 5.00 Å². The summed E-state index contributed by atoms with van der Waals surface area (Å²) >= 11 is 0.954. The first-order valence-electron chi connectivity index (χ1n) is 2.84. The molecular formula is C6H6F3NS. The van der Waals surface area contributed by atoms with E-state index in [1.165, 1.54) is 0 Å². The fraction of sp³-hybridized carbons (Fsp3) is 0.333. The van der Waals surface area contributed by atoms with Crippen molar-refractivity contribution in [1.82, 2.24) is 0 Å². The molecule has 0 saturated heterocycles. The predicted molar refractivity (Wildman–Crippen MR) is 38.5 cm³/mol. The Hall–Kier alpha value is -0.710. The zero-order valence-electron chi connectivity index (χ0n) is 5.70. The molecule has 0 unspecified atom stereocenters. The van der Waals surface area contributed by atoms with E-state index in [0.717, 1.165) is 17.4 Å². The van der Waals surface area contributed by atoms with E-state index in [0.29, 0.717) is 4.88 Å². The zero-order valence-corrected chi connectivity index (χ0v) is 6.51. The number of nitrogens with two attached hydrogens (primary N) is 1. The molecule has 1 aromatic heterocycles. The van der Waals surface area contributed by atoms with Gasteiger partial charge in [0.15, 0.2) is 0 Å². The lowest BCUT2D eigenvalue weighted by Crippen LogP contribution is -2.05. The van der Waals surface area contributed by atoms with Gasteiger partial charge in [0.2, 0.25) is 0 Å². The van der Waals surface area contributed by atoms with E-state index in [2.05, 4.69) is 0 Å². The molecule has 0 saturated carbocycles. The Bertz CT molecular complexity index is 263. The van der Waals surface area contributed by atoms with Crippen LogP contribution in [0.4, 0.5) is 18.2 Å². The van der Waals surface area contributed by atoms with Gasteiger partial charge in [-0.2, -0.15) is 13.2 Å². The smallest absolute Gasteiger partial charge is 0.390 e. The number of hydrogen-bond donors (Lipinski definition) is 1. The van der Waals surface area contributed by atoms with E-state index in [1.54, 1.807) is 6.92 Å². The molecule has 1 nitrogen and oxygen atoms in total. The van der Waals surface area contributed by atoms with Crippen molar-refractivity contribution in [3.63, 3.8) is 0 Å². The van der Waals surface area contributed by atoms with E-state index in [1.807, 2.05) is 0 Å². The van der Waals surface area contributed by atoms with Crippen molar-refractivity contribution in [3.05, 3.63) is 16.5 Å². The van der Waals surface area contributed by atoms with Gasteiger partial charge in [-0.3, -0.25) is 0 Å². The van der Waals surface area contributed by atoms with Crippen molar-refractivity contribution in [2.75, 3.05) is 5.73 Å². The summed E-state index contributed by atoms with van der Waals surface area (Å²) < 4.78 is 36.0. The van der Waals surface area contributed by atoms with Crippen molar-refractivity contribution in [2.45, 2.75) is 13.1 Å². The minimum atomic E-state index is -4.31. The summed E-state index contributed by atoms with van der Waals surface area (Å²) in [4.78, 5) is 0.579.